The Morgan fingerprint density at radius 3 is 2.57 bits per heavy atom. The van der Waals surface area contributed by atoms with Crippen LogP contribution in [0.25, 0.3) is 17.1 Å². The zero-order chi connectivity index (χ0) is 21.5. The highest BCUT2D eigenvalue weighted by atomic mass is 32.2. The van der Waals surface area contributed by atoms with Gasteiger partial charge in [-0.25, -0.2) is 4.79 Å². The quantitative estimate of drug-likeness (QED) is 0.564. The van der Waals surface area contributed by atoms with Crippen molar-refractivity contribution >= 4 is 23.7 Å². The molecule has 0 fully saturated rings. The summed E-state index contributed by atoms with van der Waals surface area (Å²) < 4.78 is 7.19. The summed E-state index contributed by atoms with van der Waals surface area (Å²) in [5.74, 6) is 0.943. The van der Waals surface area contributed by atoms with E-state index in [9.17, 15) is 9.59 Å². The van der Waals surface area contributed by atoms with Crippen LogP contribution in [-0.4, -0.2) is 45.6 Å². The number of nitrogens with zero attached hydrogens (tertiary/aromatic N) is 3. The van der Waals surface area contributed by atoms with Gasteiger partial charge in [-0.05, 0) is 38.1 Å². The number of rotatable bonds is 7. The summed E-state index contributed by atoms with van der Waals surface area (Å²) >= 11 is 1.20. The third-order valence-electron chi connectivity index (χ3n) is 3.98. The highest BCUT2D eigenvalue weighted by Crippen LogP contribution is 2.29. The second kappa shape index (κ2) is 9.93. The molecule has 0 aliphatic heterocycles. The summed E-state index contributed by atoms with van der Waals surface area (Å²) in [6, 6.07) is 16.6. The maximum atomic E-state index is 12.1. The Balaban J connectivity index is 1.85. The summed E-state index contributed by atoms with van der Waals surface area (Å²) in [5, 5.41) is 14.1. The Labute approximate surface area is 179 Å². The number of ether oxygens (including phenoxy) is 1. The molecule has 0 aliphatic rings. The van der Waals surface area contributed by atoms with Crippen LogP contribution in [-0.2, 0) is 4.79 Å². The molecule has 3 amide bonds. The molecule has 0 saturated heterocycles. The SMILES string of the molecule is COc1cccc(-c2nnc(SCC(=O)NC(=O)NC(C)C)n2-c2ccccc2)c1. The minimum absolute atomic E-state index is 0.0224. The number of hydrogen-bond donors (Lipinski definition) is 2. The van der Waals surface area contributed by atoms with Crippen LogP contribution in [0.4, 0.5) is 4.79 Å². The fraction of sp³-hybridized carbons (Fsp3) is 0.238. The van der Waals surface area contributed by atoms with Crippen molar-refractivity contribution in [2.24, 2.45) is 0 Å². The number of carbonyl (C=O) groups excluding carboxylic acids is 2. The summed E-state index contributed by atoms with van der Waals surface area (Å²) in [4.78, 5) is 23.9. The van der Waals surface area contributed by atoms with Crippen molar-refractivity contribution < 1.29 is 14.3 Å². The van der Waals surface area contributed by atoms with Crippen molar-refractivity contribution in [2.75, 3.05) is 12.9 Å². The Morgan fingerprint density at radius 2 is 1.87 bits per heavy atom. The first kappa shape index (κ1) is 21.4. The number of para-hydroxylation sites is 1. The number of benzene rings is 2. The maximum Gasteiger partial charge on any atom is 0.321 e. The van der Waals surface area contributed by atoms with Crippen LogP contribution >= 0.6 is 11.8 Å². The van der Waals surface area contributed by atoms with E-state index in [1.807, 2.05) is 73.0 Å². The van der Waals surface area contributed by atoms with Gasteiger partial charge in [-0.1, -0.05) is 42.1 Å². The lowest BCUT2D eigenvalue weighted by atomic mass is 10.2. The molecule has 2 N–H and O–H groups in total. The fourth-order valence-electron chi connectivity index (χ4n) is 2.71. The average Bonchev–Trinajstić information content (AvgIpc) is 3.16. The molecule has 3 rings (SSSR count). The number of urea groups is 1. The van der Waals surface area contributed by atoms with E-state index < -0.39 is 11.9 Å². The molecule has 0 unspecified atom stereocenters. The number of carbonyl (C=O) groups is 2. The Kier molecular flexibility index (Phi) is 7.08. The lowest BCUT2D eigenvalue weighted by Crippen LogP contribution is -2.43. The van der Waals surface area contributed by atoms with Crippen molar-refractivity contribution in [3.63, 3.8) is 0 Å². The Morgan fingerprint density at radius 1 is 1.10 bits per heavy atom. The predicted molar refractivity (Wildman–Crippen MR) is 116 cm³/mol. The number of nitrogens with one attached hydrogen (secondary N) is 2. The standard InChI is InChI=1S/C21H23N5O3S/c1-14(2)22-20(28)23-18(27)13-30-21-25-24-19(15-8-7-11-17(12-15)29-3)26(21)16-9-5-4-6-10-16/h4-12,14H,13H2,1-3H3,(H2,22,23,27,28). The summed E-state index contributed by atoms with van der Waals surface area (Å²) in [7, 11) is 1.61. The van der Waals surface area contributed by atoms with Crippen LogP contribution in [0.2, 0.25) is 0 Å². The molecule has 0 spiro atoms. The summed E-state index contributed by atoms with van der Waals surface area (Å²) in [6.07, 6.45) is 0. The van der Waals surface area contributed by atoms with E-state index in [4.69, 9.17) is 4.74 Å². The summed E-state index contributed by atoms with van der Waals surface area (Å²) in [5.41, 5.74) is 1.69. The van der Waals surface area contributed by atoms with E-state index in [-0.39, 0.29) is 11.8 Å². The lowest BCUT2D eigenvalue weighted by molar-refractivity contribution is -0.117. The van der Waals surface area contributed by atoms with Crippen LogP contribution < -0.4 is 15.4 Å². The van der Waals surface area contributed by atoms with Gasteiger partial charge in [0.25, 0.3) is 0 Å². The number of thioether (sulfide) groups is 1. The van der Waals surface area contributed by atoms with Gasteiger partial charge in [-0.15, -0.1) is 10.2 Å². The first-order chi connectivity index (χ1) is 14.5. The largest absolute Gasteiger partial charge is 0.497 e. The Bertz CT molecular complexity index is 1020. The highest BCUT2D eigenvalue weighted by molar-refractivity contribution is 7.99. The number of aromatic nitrogens is 3. The van der Waals surface area contributed by atoms with Gasteiger partial charge in [0.2, 0.25) is 5.91 Å². The molecule has 156 valence electrons. The number of hydrogen-bond acceptors (Lipinski definition) is 6. The first-order valence-corrected chi connectivity index (χ1v) is 10.3. The molecule has 0 saturated carbocycles. The van der Waals surface area contributed by atoms with E-state index in [0.717, 1.165) is 11.3 Å². The lowest BCUT2D eigenvalue weighted by Gasteiger charge is -2.11. The monoisotopic (exact) mass is 425 g/mol. The molecule has 0 bridgehead atoms. The Hall–Kier alpha value is -3.33. The van der Waals surface area contributed by atoms with E-state index in [2.05, 4.69) is 20.8 Å². The summed E-state index contributed by atoms with van der Waals surface area (Å²) in [6.45, 7) is 3.64. The van der Waals surface area contributed by atoms with Crippen molar-refractivity contribution in [1.29, 1.82) is 0 Å². The number of imide groups is 1. The maximum absolute atomic E-state index is 12.1. The zero-order valence-corrected chi connectivity index (χ0v) is 17.8. The van der Waals surface area contributed by atoms with Gasteiger partial charge in [-0.3, -0.25) is 14.7 Å². The minimum Gasteiger partial charge on any atom is -0.497 e. The van der Waals surface area contributed by atoms with Gasteiger partial charge in [-0.2, -0.15) is 0 Å². The second-order valence-corrected chi connectivity index (χ2v) is 7.62. The third kappa shape index (κ3) is 5.38. The predicted octanol–water partition coefficient (Wildman–Crippen LogP) is 3.27. The molecule has 9 heteroatoms. The average molecular weight is 426 g/mol. The van der Waals surface area contributed by atoms with Gasteiger partial charge in [0.15, 0.2) is 11.0 Å². The second-order valence-electron chi connectivity index (χ2n) is 6.67. The first-order valence-electron chi connectivity index (χ1n) is 9.36. The molecule has 3 aromatic rings. The molecule has 0 aliphatic carbocycles. The molecule has 8 nitrogen and oxygen atoms in total. The van der Waals surface area contributed by atoms with Crippen molar-refractivity contribution in [2.45, 2.75) is 25.0 Å². The van der Waals surface area contributed by atoms with Gasteiger partial charge in [0, 0.05) is 17.3 Å². The van der Waals surface area contributed by atoms with Crippen molar-refractivity contribution in [3.8, 4) is 22.8 Å². The van der Waals surface area contributed by atoms with E-state index in [1.165, 1.54) is 11.8 Å². The van der Waals surface area contributed by atoms with E-state index >= 15 is 0 Å². The van der Waals surface area contributed by atoms with Crippen LogP contribution in [0, 0.1) is 0 Å². The van der Waals surface area contributed by atoms with Crippen molar-refractivity contribution in [1.82, 2.24) is 25.4 Å². The van der Waals surface area contributed by atoms with Crippen LogP contribution in [0.5, 0.6) is 5.75 Å². The number of amides is 3. The molecule has 2 aromatic carbocycles. The number of methoxy groups -OCH3 is 1. The molecule has 1 aromatic heterocycles. The smallest absolute Gasteiger partial charge is 0.321 e. The van der Waals surface area contributed by atoms with Crippen LogP contribution in [0.15, 0.2) is 59.8 Å². The van der Waals surface area contributed by atoms with Gasteiger partial charge < -0.3 is 10.1 Å². The van der Waals surface area contributed by atoms with Gasteiger partial charge in [0.05, 0.1) is 12.9 Å². The van der Waals surface area contributed by atoms with Crippen molar-refractivity contribution in [3.05, 3.63) is 54.6 Å². The third-order valence-corrected chi connectivity index (χ3v) is 4.91. The molecule has 0 atom stereocenters. The minimum atomic E-state index is -0.516. The van der Waals surface area contributed by atoms with Gasteiger partial charge in [0.1, 0.15) is 5.75 Å². The molecular weight excluding hydrogens is 402 g/mol. The molecule has 0 radical (unpaired) electrons. The zero-order valence-electron chi connectivity index (χ0n) is 17.0. The molecule has 1 heterocycles. The highest BCUT2D eigenvalue weighted by Gasteiger charge is 2.18. The van der Waals surface area contributed by atoms with E-state index in [1.54, 1.807) is 7.11 Å². The molecule has 30 heavy (non-hydrogen) atoms. The van der Waals surface area contributed by atoms with Crippen LogP contribution in [0.1, 0.15) is 13.8 Å². The van der Waals surface area contributed by atoms with E-state index in [0.29, 0.717) is 16.7 Å². The topological polar surface area (TPSA) is 98.1 Å². The van der Waals surface area contributed by atoms with Crippen LogP contribution in [0.3, 0.4) is 0 Å². The van der Waals surface area contributed by atoms with Gasteiger partial charge >= 0.3 is 6.03 Å². The molecular formula is C21H23N5O3S. The normalized spacial score (nSPS) is 10.7. The fourth-order valence-corrected chi connectivity index (χ4v) is 3.47.